The maximum Gasteiger partial charge on any atom is 0.416 e. The van der Waals surface area contributed by atoms with Gasteiger partial charge in [0.05, 0.1) is 34.4 Å². The van der Waals surface area contributed by atoms with Gasteiger partial charge in [-0.3, -0.25) is 0 Å². The van der Waals surface area contributed by atoms with Crippen molar-refractivity contribution < 1.29 is 45.3 Å². The number of hydrogen-bond donors (Lipinski definition) is 0. The zero-order chi connectivity index (χ0) is 34.7. The Morgan fingerprint density at radius 2 is 1.47 bits per heavy atom. The zero-order valence-corrected chi connectivity index (χ0v) is 25.7. The van der Waals surface area contributed by atoms with Gasteiger partial charge >= 0.3 is 18.3 Å². The third kappa shape index (κ3) is 7.84. The highest BCUT2D eigenvalue weighted by Crippen LogP contribution is 2.46. The first-order valence-corrected chi connectivity index (χ1v) is 14.3. The minimum absolute atomic E-state index is 0.00551. The minimum atomic E-state index is -5.16. The number of nitriles is 2. The number of fused-ring (bicyclic) bond motifs is 1. The molecule has 4 aromatic rings. The summed E-state index contributed by atoms with van der Waals surface area (Å²) in [6, 6.07) is 15.0. The molecule has 0 atom stereocenters. The molecule has 4 aromatic carbocycles. The van der Waals surface area contributed by atoms with Crippen LogP contribution in [0.5, 0.6) is 11.5 Å². The van der Waals surface area contributed by atoms with Crippen LogP contribution in [-0.4, -0.2) is 25.8 Å². The topological polar surface area (TPSA) is 92.3 Å². The van der Waals surface area contributed by atoms with Gasteiger partial charge in [-0.1, -0.05) is 32.9 Å². The number of alkyl halides is 6. The fourth-order valence-corrected chi connectivity index (χ4v) is 4.85. The summed E-state index contributed by atoms with van der Waals surface area (Å²) >= 11 is 0. The first-order valence-electron chi connectivity index (χ1n) is 14.3. The van der Waals surface area contributed by atoms with E-state index < -0.39 is 46.0 Å². The molecule has 6 nitrogen and oxygen atoms in total. The molecule has 0 aliphatic rings. The molecule has 0 bridgehead atoms. The van der Waals surface area contributed by atoms with Crippen LogP contribution in [0.3, 0.4) is 0 Å². The van der Waals surface area contributed by atoms with Crippen molar-refractivity contribution in [1.82, 2.24) is 0 Å². The second kappa shape index (κ2) is 13.3. The van der Waals surface area contributed by atoms with Gasteiger partial charge < -0.3 is 14.2 Å². The van der Waals surface area contributed by atoms with E-state index in [1.807, 2.05) is 26.8 Å². The van der Waals surface area contributed by atoms with Crippen molar-refractivity contribution in [2.75, 3.05) is 19.8 Å². The molecule has 0 fully saturated rings. The largest absolute Gasteiger partial charge is 0.460 e. The number of benzene rings is 4. The smallest absolute Gasteiger partial charge is 0.416 e. The Labute approximate surface area is 266 Å². The Bertz CT molecular complexity index is 1880. The summed E-state index contributed by atoms with van der Waals surface area (Å²) in [5.74, 6) is -0.625. The molecule has 12 heteroatoms. The Hall–Kier alpha value is -5.07. The summed E-state index contributed by atoms with van der Waals surface area (Å²) in [6.07, 6.45) is -10.3. The molecular formula is C35H28F6N2O4. The third-order valence-corrected chi connectivity index (χ3v) is 7.14. The van der Waals surface area contributed by atoms with Gasteiger partial charge in [0.15, 0.2) is 0 Å². The van der Waals surface area contributed by atoms with Crippen LogP contribution in [0, 0.1) is 22.7 Å². The highest BCUT2D eigenvalue weighted by atomic mass is 19.4. The molecule has 0 saturated carbocycles. The van der Waals surface area contributed by atoms with Gasteiger partial charge in [-0.2, -0.15) is 36.9 Å². The Kier molecular flexibility index (Phi) is 9.88. The quantitative estimate of drug-likeness (QED) is 0.107. The molecule has 47 heavy (non-hydrogen) atoms. The van der Waals surface area contributed by atoms with E-state index in [-0.39, 0.29) is 58.2 Å². The molecule has 0 aromatic heterocycles. The number of hydrogen-bond acceptors (Lipinski definition) is 6. The summed E-state index contributed by atoms with van der Waals surface area (Å²) in [7, 11) is 0. The third-order valence-electron chi connectivity index (χ3n) is 7.14. The molecule has 0 saturated heterocycles. The highest BCUT2D eigenvalue weighted by molar-refractivity contribution is 6.05. The van der Waals surface area contributed by atoms with Gasteiger partial charge in [0.1, 0.15) is 30.2 Å². The van der Waals surface area contributed by atoms with Gasteiger partial charge in [-0.05, 0) is 77.4 Å². The molecule has 0 radical (unpaired) electrons. The summed E-state index contributed by atoms with van der Waals surface area (Å²) in [4.78, 5) is 12.6. The minimum Gasteiger partial charge on any atom is -0.460 e. The van der Waals surface area contributed by atoms with Crippen molar-refractivity contribution >= 4 is 16.7 Å². The molecule has 0 unspecified atom stereocenters. The molecule has 244 valence electrons. The van der Waals surface area contributed by atoms with Gasteiger partial charge in [0, 0.05) is 17.6 Å². The van der Waals surface area contributed by atoms with Crippen molar-refractivity contribution in [3.8, 4) is 34.8 Å². The van der Waals surface area contributed by atoms with E-state index in [2.05, 4.69) is 0 Å². The first-order chi connectivity index (χ1) is 22.0. The van der Waals surface area contributed by atoms with E-state index in [4.69, 9.17) is 14.2 Å². The predicted octanol–water partition coefficient (Wildman–Crippen LogP) is 9.57. The van der Waals surface area contributed by atoms with E-state index >= 15 is 0 Å². The molecule has 0 aliphatic heterocycles. The number of carbonyl (C=O) groups excluding carboxylic acids is 1. The normalized spacial score (nSPS) is 12.0. The Balaban J connectivity index is 2.04. The molecule has 0 N–H and O–H groups in total. The lowest BCUT2D eigenvalue weighted by molar-refractivity contribution is -0.143. The average molecular weight is 655 g/mol. The van der Waals surface area contributed by atoms with Crippen molar-refractivity contribution in [1.29, 1.82) is 10.5 Å². The summed E-state index contributed by atoms with van der Waals surface area (Å²) in [5, 5.41) is 20.3. The summed E-state index contributed by atoms with van der Waals surface area (Å²) in [5.41, 5.74) is -4.61. The summed E-state index contributed by atoms with van der Waals surface area (Å²) in [6.45, 7) is 8.01. The van der Waals surface area contributed by atoms with E-state index in [9.17, 15) is 41.7 Å². The number of halogens is 6. The van der Waals surface area contributed by atoms with E-state index in [1.54, 1.807) is 25.1 Å². The fourth-order valence-electron chi connectivity index (χ4n) is 4.85. The van der Waals surface area contributed by atoms with Crippen LogP contribution < -0.4 is 4.74 Å². The predicted molar refractivity (Wildman–Crippen MR) is 161 cm³/mol. The summed E-state index contributed by atoms with van der Waals surface area (Å²) < 4.78 is 100. The number of rotatable bonds is 8. The lowest BCUT2D eigenvalue weighted by atomic mass is 9.82. The van der Waals surface area contributed by atoms with E-state index in [1.165, 1.54) is 30.3 Å². The van der Waals surface area contributed by atoms with Crippen LogP contribution in [0.4, 0.5) is 26.3 Å². The fraction of sp³-hybridized carbons (Fsp3) is 0.286. The molecule has 0 heterocycles. The molecule has 0 spiro atoms. The second-order valence-electron chi connectivity index (χ2n) is 11.5. The molecular weight excluding hydrogens is 626 g/mol. The highest BCUT2D eigenvalue weighted by Gasteiger charge is 2.38. The molecule has 4 rings (SSSR count). The zero-order valence-electron chi connectivity index (χ0n) is 25.7. The monoisotopic (exact) mass is 654 g/mol. The number of esters is 1. The first kappa shape index (κ1) is 34.8. The van der Waals surface area contributed by atoms with Gasteiger partial charge in [-0.15, -0.1) is 0 Å². The van der Waals surface area contributed by atoms with Crippen LogP contribution in [0.1, 0.15) is 65.9 Å². The van der Waals surface area contributed by atoms with Gasteiger partial charge in [0.2, 0.25) is 0 Å². The van der Waals surface area contributed by atoms with Gasteiger partial charge in [0.25, 0.3) is 0 Å². The molecule has 0 amide bonds. The maximum absolute atomic E-state index is 13.9. The van der Waals surface area contributed by atoms with Crippen LogP contribution in [-0.2, 0) is 27.2 Å². The van der Waals surface area contributed by atoms with Gasteiger partial charge in [-0.25, -0.2) is 4.79 Å². The van der Waals surface area contributed by atoms with Crippen molar-refractivity contribution in [2.24, 2.45) is 0 Å². The van der Waals surface area contributed by atoms with E-state index in [0.717, 1.165) is 0 Å². The van der Waals surface area contributed by atoms with Crippen LogP contribution >= 0.6 is 0 Å². The maximum atomic E-state index is 13.9. The molecule has 0 aliphatic carbocycles. The Morgan fingerprint density at radius 1 is 0.809 bits per heavy atom. The SMILES string of the molecule is CCOCCOC(=O)c1cccc(Oc2cc(C(C)(C)C)cc3cc(C#N)c(C#N)c(-c4cc(C(F)(F)F)cc(C(F)(F)F)c4)c23)c1. The van der Waals surface area contributed by atoms with Crippen molar-refractivity contribution in [3.63, 3.8) is 0 Å². The number of ether oxygens (including phenoxy) is 3. The standard InChI is InChI=1S/C35H28F6N2O4/c1-5-45-9-10-46-32(44)20-7-6-8-27(15-20)47-29-17-24(33(2,3)4)12-21-11-23(18-42)28(19-43)30(31(21)29)22-13-25(34(36,37)38)16-26(14-22)35(39,40)41/h6-8,11-17H,5,9-10H2,1-4H3. The average Bonchev–Trinajstić information content (AvgIpc) is 3.00. The Morgan fingerprint density at radius 3 is 2.02 bits per heavy atom. The number of carbonyl (C=O) groups is 1. The van der Waals surface area contributed by atoms with Crippen molar-refractivity contribution in [2.45, 2.75) is 45.5 Å². The lowest BCUT2D eigenvalue weighted by Crippen LogP contribution is -2.12. The van der Waals surface area contributed by atoms with Crippen LogP contribution in [0.25, 0.3) is 21.9 Å². The second-order valence-corrected chi connectivity index (χ2v) is 11.5. The number of nitrogens with zero attached hydrogens (tertiary/aromatic N) is 2. The van der Waals surface area contributed by atoms with Crippen molar-refractivity contribution in [3.05, 3.63) is 94.0 Å². The van der Waals surface area contributed by atoms with Crippen LogP contribution in [0.2, 0.25) is 0 Å². The van der Waals surface area contributed by atoms with Crippen LogP contribution in [0.15, 0.2) is 60.7 Å². The van der Waals surface area contributed by atoms with E-state index in [0.29, 0.717) is 24.3 Å². The lowest BCUT2D eigenvalue weighted by Gasteiger charge is -2.23.